The van der Waals surface area contributed by atoms with E-state index in [2.05, 4.69) is 5.32 Å². The van der Waals surface area contributed by atoms with Crippen LogP contribution >= 0.6 is 11.6 Å². The Morgan fingerprint density at radius 1 is 1.00 bits per heavy atom. The molecule has 0 saturated heterocycles. The molecule has 5 nitrogen and oxygen atoms in total. The fourth-order valence-electron chi connectivity index (χ4n) is 5.47. The number of halogens is 1. The lowest BCUT2D eigenvalue weighted by molar-refractivity contribution is 0.0923. The Balaban J connectivity index is 1.39. The van der Waals surface area contributed by atoms with Crippen molar-refractivity contribution in [2.75, 3.05) is 4.31 Å². The topological polar surface area (TPSA) is 66.5 Å². The first-order valence-corrected chi connectivity index (χ1v) is 13.9. The maximum absolute atomic E-state index is 13.7. The predicted octanol–water partition coefficient (Wildman–Crippen LogP) is 5.96. The van der Waals surface area contributed by atoms with E-state index >= 15 is 0 Å². The Labute approximate surface area is 212 Å². The summed E-state index contributed by atoms with van der Waals surface area (Å²) >= 11 is 6.24. The Hall–Kier alpha value is -2.83. The first kappa shape index (κ1) is 23.9. The summed E-state index contributed by atoms with van der Waals surface area (Å²) in [5.74, 6) is 1.31. The molecule has 2 saturated carbocycles. The molecule has 2 aliphatic rings. The van der Waals surface area contributed by atoms with Gasteiger partial charge in [0.15, 0.2) is 0 Å². The number of aryl methyl sites for hydroxylation is 1. The molecule has 1 N–H and O–H groups in total. The van der Waals surface area contributed by atoms with Gasteiger partial charge in [0.05, 0.1) is 17.1 Å². The summed E-state index contributed by atoms with van der Waals surface area (Å²) in [6.45, 7) is 1.98. The van der Waals surface area contributed by atoms with E-state index in [9.17, 15) is 13.2 Å². The molecule has 5 rings (SSSR count). The second-order valence-corrected chi connectivity index (χ2v) is 12.0. The molecule has 2 fully saturated rings. The van der Waals surface area contributed by atoms with E-state index in [1.807, 2.05) is 25.1 Å². The first-order chi connectivity index (χ1) is 16.8. The van der Waals surface area contributed by atoms with Crippen LogP contribution < -0.4 is 9.62 Å². The number of carbonyl (C=O) groups is 1. The summed E-state index contributed by atoms with van der Waals surface area (Å²) < 4.78 is 28.7. The summed E-state index contributed by atoms with van der Waals surface area (Å²) in [7, 11) is -3.84. The van der Waals surface area contributed by atoms with E-state index in [0.717, 1.165) is 23.5 Å². The van der Waals surface area contributed by atoms with Gasteiger partial charge in [-0.25, -0.2) is 8.42 Å². The highest BCUT2D eigenvalue weighted by Gasteiger charge is 2.40. The summed E-state index contributed by atoms with van der Waals surface area (Å²) in [5.41, 5.74) is 2.70. The highest BCUT2D eigenvalue weighted by molar-refractivity contribution is 7.92. The second kappa shape index (κ2) is 9.67. The number of hydrogen-bond acceptors (Lipinski definition) is 3. The predicted molar refractivity (Wildman–Crippen MR) is 139 cm³/mol. The summed E-state index contributed by atoms with van der Waals surface area (Å²) in [6.07, 6.45) is 4.82. The third kappa shape index (κ3) is 4.95. The molecule has 0 aromatic heterocycles. The molecule has 0 spiro atoms. The fraction of sp³-hybridized carbons (Fsp3) is 0.321. The van der Waals surface area contributed by atoms with Crippen LogP contribution in [0.2, 0.25) is 5.02 Å². The molecular formula is C28H29ClN2O3S. The quantitative estimate of drug-likeness (QED) is 0.428. The van der Waals surface area contributed by atoms with Crippen LogP contribution in [0.15, 0.2) is 77.7 Å². The molecular weight excluding hydrogens is 480 g/mol. The highest BCUT2D eigenvalue weighted by atomic mass is 35.5. The molecule has 0 unspecified atom stereocenters. The van der Waals surface area contributed by atoms with Gasteiger partial charge in [-0.1, -0.05) is 54.4 Å². The van der Waals surface area contributed by atoms with Gasteiger partial charge in [0.1, 0.15) is 0 Å². The number of fused-ring (bicyclic) bond motifs is 2. The van der Waals surface area contributed by atoms with E-state index in [-0.39, 0.29) is 23.4 Å². The Morgan fingerprint density at radius 3 is 2.40 bits per heavy atom. The van der Waals surface area contributed by atoms with Crippen molar-refractivity contribution in [2.24, 2.45) is 11.8 Å². The third-order valence-electron chi connectivity index (χ3n) is 7.37. The van der Waals surface area contributed by atoms with Crippen molar-refractivity contribution in [1.82, 2.24) is 5.32 Å². The molecule has 0 heterocycles. The van der Waals surface area contributed by atoms with Crippen molar-refractivity contribution in [1.29, 1.82) is 0 Å². The van der Waals surface area contributed by atoms with Gasteiger partial charge in [0.2, 0.25) is 0 Å². The van der Waals surface area contributed by atoms with Gasteiger partial charge in [-0.2, -0.15) is 0 Å². The van der Waals surface area contributed by atoms with Gasteiger partial charge in [-0.15, -0.1) is 0 Å². The molecule has 3 aromatic carbocycles. The highest BCUT2D eigenvalue weighted by Crippen LogP contribution is 2.44. The molecule has 0 radical (unpaired) electrons. The van der Waals surface area contributed by atoms with Crippen LogP contribution in [-0.2, 0) is 16.6 Å². The number of rotatable bonds is 7. The van der Waals surface area contributed by atoms with Crippen LogP contribution in [0, 0.1) is 18.8 Å². The standard InChI is InChI=1S/C28H29ClN2O3S/c1-19-7-14-24(29)17-27(19)31(35(33,34)25-5-3-2-4-6-25)18-20-8-11-22(12-9-20)28(32)30-26-16-21-10-13-23(26)15-21/h2-9,11-12,14,17,21,23,26H,10,13,15-16,18H2,1H3,(H,30,32)/t21-,23+,26+/m0/s1. The molecule has 35 heavy (non-hydrogen) atoms. The largest absolute Gasteiger partial charge is 0.349 e. The van der Waals surface area contributed by atoms with Crippen molar-refractivity contribution >= 4 is 33.2 Å². The van der Waals surface area contributed by atoms with Crippen molar-refractivity contribution in [2.45, 2.75) is 50.1 Å². The molecule has 0 aliphatic heterocycles. The molecule has 7 heteroatoms. The lowest BCUT2D eigenvalue weighted by Crippen LogP contribution is -2.38. The van der Waals surface area contributed by atoms with E-state index < -0.39 is 10.0 Å². The van der Waals surface area contributed by atoms with Crippen molar-refractivity contribution in [3.63, 3.8) is 0 Å². The third-order valence-corrected chi connectivity index (χ3v) is 9.38. The van der Waals surface area contributed by atoms with Crippen molar-refractivity contribution in [3.05, 3.63) is 94.5 Å². The van der Waals surface area contributed by atoms with E-state index in [1.54, 1.807) is 54.6 Å². The number of sulfonamides is 1. The zero-order valence-corrected chi connectivity index (χ0v) is 21.2. The smallest absolute Gasteiger partial charge is 0.264 e. The minimum absolute atomic E-state index is 0.0615. The van der Waals surface area contributed by atoms with Crippen LogP contribution in [0.25, 0.3) is 0 Å². The maximum atomic E-state index is 13.7. The van der Waals surface area contributed by atoms with Gasteiger partial charge < -0.3 is 5.32 Å². The first-order valence-electron chi connectivity index (χ1n) is 12.0. The molecule has 1 amide bonds. The SMILES string of the molecule is Cc1ccc(Cl)cc1N(Cc1ccc(C(=O)N[C@@H]2C[C@H]3CC[C@@H]2C3)cc1)S(=O)(=O)c1ccccc1. The average molecular weight is 509 g/mol. The minimum atomic E-state index is -3.84. The van der Waals surface area contributed by atoms with E-state index in [0.29, 0.717) is 22.2 Å². The maximum Gasteiger partial charge on any atom is 0.264 e. The number of nitrogens with one attached hydrogen (secondary N) is 1. The van der Waals surface area contributed by atoms with Gasteiger partial charge in [0.25, 0.3) is 15.9 Å². The molecule has 3 atom stereocenters. The summed E-state index contributed by atoms with van der Waals surface area (Å²) in [6, 6.07) is 21.1. The second-order valence-electron chi connectivity index (χ2n) is 9.71. The lowest BCUT2D eigenvalue weighted by atomic mass is 9.95. The Kier molecular flexibility index (Phi) is 6.60. The van der Waals surface area contributed by atoms with Gasteiger partial charge in [-0.05, 0) is 85.5 Å². The number of nitrogens with zero attached hydrogens (tertiary/aromatic N) is 1. The summed E-state index contributed by atoms with van der Waals surface area (Å²) in [4.78, 5) is 13.0. The van der Waals surface area contributed by atoms with Crippen molar-refractivity contribution < 1.29 is 13.2 Å². The zero-order valence-electron chi connectivity index (χ0n) is 19.7. The van der Waals surface area contributed by atoms with E-state index in [1.165, 1.54) is 23.6 Å². The number of hydrogen-bond donors (Lipinski definition) is 1. The van der Waals surface area contributed by atoms with Crippen LogP contribution in [0.1, 0.15) is 47.2 Å². The molecule has 3 aromatic rings. The molecule has 2 aliphatic carbocycles. The van der Waals surface area contributed by atoms with Crippen LogP contribution in [0.5, 0.6) is 0 Å². The van der Waals surface area contributed by atoms with Crippen LogP contribution in [-0.4, -0.2) is 20.4 Å². The zero-order chi connectivity index (χ0) is 24.6. The van der Waals surface area contributed by atoms with Gasteiger partial charge in [0, 0.05) is 16.6 Å². The van der Waals surface area contributed by atoms with Gasteiger partial charge >= 0.3 is 0 Å². The number of amides is 1. The number of anilines is 1. The van der Waals surface area contributed by atoms with Crippen LogP contribution in [0.3, 0.4) is 0 Å². The lowest BCUT2D eigenvalue weighted by Gasteiger charge is -2.26. The van der Waals surface area contributed by atoms with Gasteiger partial charge in [-0.3, -0.25) is 9.10 Å². The monoisotopic (exact) mass is 508 g/mol. The molecule has 182 valence electrons. The van der Waals surface area contributed by atoms with E-state index in [4.69, 9.17) is 11.6 Å². The Bertz CT molecular complexity index is 1330. The molecule has 2 bridgehead atoms. The number of benzene rings is 3. The Morgan fingerprint density at radius 2 is 1.74 bits per heavy atom. The minimum Gasteiger partial charge on any atom is -0.349 e. The van der Waals surface area contributed by atoms with Crippen molar-refractivity contribution in [3.8, 4) is 0 Å². The van der Waals surface area contributed by atoms with Crippen LogP contribution in [0.4, 0.5) is 5.69 Å². The fourth-order valence-corrected chi connectivity index (χ4v) is 7.17. The summed E-state index contributed by atoms with van der Waals surface area (Å²) in [5, 5.41) is 3.68. The average Bonchev–Trinajstić information content (AvgIpc) is 3.48. The number of carbonyl (C=O) groups excluding carboxylic acids is 1. The normalized spacial score (nSPS) is 21.1.